The fourth-order valence-corrected chi connectivity index (χ4v) is 1.70. The van der Waals surface area contributed by atoms with Crippen molar-refractivity contribution in [2.24, 2.45) is 0 Å². The van der Waals surface area contributed by atoms with Gasteiger partial charge in [-0.05, 0) is 25.7 Å². The third kappa shape index (κ3) is 18.1. The summed E-state index contributed by atoms with van der Waals surface area (Å²) in [6.07, 6.45) is 17.5. The second-order valence-corrected chi connectivity index (χ2v) is 5.01. The molecule has 0 spiro atoms. The third-order valence-electron chi connectivity index (χ3n) is 2.92. The van der Waals surface area contributed by atoms with E-state index in [1.807, 2.05) is 0 Å². The van der Waals surface area contributed by atoms with Gasteiger partial charge in [0.05, 0.1) is 6.42 Å². The molecular formula is C20H28O2. The summed E-state index contributed by atoms with van der Waals surface area (Å²) in [4.78, 5) is 10.3. The van der Waals surface area contributed by atoms with E-state index in [4.69, 9.17) is 5.11 Å². The van der Waals surface area contributed by atoms with Crippen LogP contribution in [0, 0.1) is 23.7 Å². The third-order valence-corrected chi connectivity index (χ3v) is 2.92. The van der Waals surface area contributed by atoms with Crippen LogP contribution < -0.4 is 0 Å². The highest BCUT2D eigenvalue weighted by molar-refractivity contribution is 5.66. The molecule has 0 aliphatic rings. The molecule has 0 radical (unpaired) electrons. The molecule has 0 aliphatic heterocycles. The number of allylic oxidation sites excluding steroid dienone is 4. The maximum atomic E-state index is 10.3. The summed E-state index contributed by atoms with van der Waals surface area (Å²) in [7, 11) is 0. The molecule has 0 fully saturated rings. The van der Waals surface area contributed by atoms with E-state index in [1.54, 1.807) is 0 Å². The maximum Gasteiger partial charge on any atom is 0.303 e. The molecular weight excluding hydrogens is 272 g/mol. The first-order valence-electron chi connectivity index (χ1n) is 8.20. The summed E-state index contributed by atoms with van der Waals surface area (Å²) in [6, 6.07) is 0. The van der Waals surface area contributed by atoms with Crippen LogP contribution in [0.15, 0.2) is 24.3 Å². The van der Waals surface area contributed by atoms with Crippen molar-refractivity contribution in [1.82, 2.24) is 0 Å². The van der Waals surface area contributed by atoms with E-state index in [0.717, 1.165) is 12.8 Å². The number of hydrogen-bond acceptors (Lipinski definition) is 1. The van der Waals surface area contributed by atoms with Crippen molar-refractivity contribution in [3.63, 3.8) is 0 Å². The molecule has 0 aliphatic carbocycles. The molecule has 2 heteroatoms. The Morgan fingerprint density at radius 2 is 1.73 bits per heavy atom. The number of carbonyl (C=O) groups is 1. The Morgan fingerprint density at radius 3 is 2.50 bits per heavy atom. The zero-order valence-corrected chi connectivity index (χ0v) is 13.7. The van der Waals surface area contributed by atoms with E-state index in [0.29, 0.717) is 19.3 Å². The summed E-state index contributed by atoms with van der Waals surface area (Å²) in [5, 5.41) is 8.46. The first kappa shape index (κ1) is 20.1. The Labute approximate surface area is 135 Å². The number of aliphatic carboxylic acids is 1. The Bertz CT molecular complexity index is 450. The first-order chi connectivity index (χ1) is 10.8. The molecule has 0 bridgehead atoms. The van der Waals surface area contributed by atoms with Crippen LogP contribution in [0.4, 0.5) is 0 Å². The molecule has 0 heterocycles. The molecule has 0 atom stereocenters. The topological polar surface area (TPSA) is 37.3 Å². The molecule has 22 heavy (non-hydrogen) atoms. The lowest BCUT2D eigenvalue weighted by atomic mass is 10.2. The molecule has 0 aromatic heterocycles. The molecule has 2 nitrogen and oxygen atoms in total. The average molecular weight is 300 g/mol. The Morgan fingerprint density at radius 1 is 0.955 bits per heavy atom. The first-order valence-corrected chi connectivity index (χ1v) is 8.20. The van der Waals surface area contributed by atoms with E-state index in [9.17, 15) is 4.79 Å². The highest BCUT2D eigenvalue weighted by atomic mass is 16.4. The van der Waals surface area contributed by atoms with Crippen molar-refractivity contribution in [2.75, 3.05) is 0 Å². The van der Waals surface area contributed by atoms with E-state index >= 15 is 0 Å². The SMILES string of the molecule is CCCCCC=CCC=CCC#CCC#CCCCC(=O)O. The molecule has 0 amide bonds. The minimum absolute atomic E-state index is 0.193. The van der Waals surface area contributed by atoms with Crippen molar-refractivity contribution in [2.45, 2.75) is 71.1 Å². The van der Waals surface area contributed by atoms with Gasteiger partial charge in [0, 0.05) is 19.3 Å². The molecule has 0 saturated carbocycles. The molecule has 0 rings (SSSR count). The van der Waals surface area contributed by atoms with E-state index < -0.39 is 5.97 Å². The Balaban J connectivity index is 3.49. The van der Waals surface area contributed by atoms with Gasteiger partial charge in [-0.1, -0.05) is 61.8 Å². The minimum atomic E-state index is -0.760. The van der Waals surface area contributed by atoms with Gasteiger partial charge in [-0.3, -0.25) is 4.79 Å². The number of rotatable bonds is 10. The Hall–Kier alpha value is -1.93. The van der Waals surface area contributed by atoms with Gasteiger partial charge in [-0.2, -0.15) is 0 Å². The fourth-order valence-electron chi connectivity index (χ4n) is 1.70. The van der Waals surface area contributed by atoms with Crippen LogP contribution in [-0.2, 0) is 4.79 Å². The average Bonchev–Trinajstić information content (AvgIpc) is 2.50. The van der Waals surface area contributed by atoms with Gasteiger partial charge in [0.2, 0.25) is 0 Å². The fraction of sp³-hybridized carbons (Fsp3) is 0.550. The standard InChI is InChI=1S/C20H28O2/c1-2-3-4-5-6-7-8-9-10-11-12-13-14-15-16-17-18-19-20(21)22/h6-7,9-10H,2-5,8,11,14,17-19H2,1H3,(H,21,22). The minimum Gasteiger partial charge on any atom is -0.481 e. The molecule has 0 aromatic carbocycles. The molecule has 120 valence electrons. The van der Waals surface area contributed by atoms with Crippen LogP contribution in [0.5, 0.6) is 0 Å². The second-order valence-electron chi connectivity index (χ2n) is 5.01. The van der Waals surface area contributed by atoms with Crippen LogP contribution in [0.2, 0.25) is 0 Å². The molecule has 1 N–H and O–H groups in total. The highest BCUT2D eigenvalue weighted by Gasteiger charge is 1.92. The number of carboxylic acid groups (broad SMARTS) is 1. The normalized spacial score (nSPS) is 10.2. The van der Waals surface area contributed by atoms with Gasteiger partial charge in [0.25, 0.3) is 0 Å². The van der Waals surface area contributed by atoms with Crippen LogP contribution in [-0.4, -0.2) is 11.1 Å². The zero-order chi connectivity index (χ0) is 16.3. The largest absolute Gasteiger partial charge is 0.481 e. The van der Waals surface area contributed by atoms with E-state index in [1.165, 1.54) is 25.7 Å². The van der Waals surface area contributed by atoms with Gasteiger partial charge >= 0.3 is 5.97 Å². The summed E-state index contributed by atoms with van der Waals surface area (Å²) in [5.41, 5.74) is 0. The zero-order valence-electron chi connectivity index (χ0n) is 13.7. The van der Waals surface area contributed by atoms with Crippen LogP contribution >= 0.6 is 0 Å². The molecule has 0 saturated heterocycles. The number of hydrogen-bond donors (Lipinski definition) is 1. The highest BCUT2D eigenvalue weighted by Crippen LogP contribution is 2.00. The lowest BCUT2D eigenvalue weighted by Gasteiger charge is -1.90. The van der Waals surface area contributed by atoms with E-state index in [2.05, 4.69) is 54.9 Å². The van der Waals surface area contributed by atoms with Crippen LogP contribution in [0.3, 0.4) is 0 Å². The summed E-state index contributed by atoms with van der Waals surface area (Å²) in [6.45, 7) is 2.22. The van der Waals surface area contributed by atoms with Gasteiger partial charge in [0.1, 0.15) is 0 Å². The molecule has 0 unspecified atom stereocenters. The molecule has 0 aromatic rings. The van der Waals surface area contributed by atoms with Gasteiger partial charge < -0.3 is 5.11 Å². The van der Waals surface area contributed by atoms with Gasteiger partial charge in [-0.25, -0.2) is 0 Å². The number of carboxylic acids is 1. The van der Waals surface area contributed by atoms with Crippen LogP contribution in [0.1, 0.15) is 71.1 Å². The van der Waals surface area contributed by atoms with E-state index in [-0.39, 0.29) is 6.42 Å². The lowest BCUT2D eigenvalue weighted by Crippen LogP contribution is -1.92. The monoisotopic (exact) mass is 300 g/mol. The van der Waals surface area contributed by atoms with Gasteiger partial charge in [-0.15, -0.1) is 5.92 Å². The summed E-state index contributed by atoms with van der Waals surface area (Å²) >= 11 is 0. The second kappa shape index (κ2) is 17.1. The van der Waals surface area contributed by atoms with Crippen molar-refractivity contribution >= 4 is 5.97 Å². The smallest absolute Gasteiger partial charge is 0.303 e. The number of unbranched alkanes of at least 4 members (excludes halogenated alkanes) is 4. The van der Waals surface area contributed by atoms with Crippen LogP contribution in [0.25, 0.3) is 0 Å². The summed E-state index contributed by atoms with van der Waals surface area (Å²) in [5.74, 6) is 11.2. The maximum absolute atomic E-state index is 10.3. The van der Waals surface area contributed by atoms with Crippen molar-refractivity contribution < 1.29 is 9.90 Å². The van der Waals surface area contributed by atoms with Crippen molar-refractivity contribution in [3.8, 4) is 23.7 Å². The van der Waals surface area contributed by atoms with Gasteiger partial charge in [0.15, 0.2) is 0 Å². The lowest BCUT2D eigenvalue weighted by molar-refractivity contribution is -0.137. The van der Waals surface area contributed by atoms with Crippen molar-refractivity contribution in [3.05, 3.63) is 24.3 Å². The van der Waals surface area contributed by atoms with Crippen molar-refractivity contribution in [1.29, 1.82) is 0 Å². The predicted octanol–water partition coefficient (Wildman–Crippen LogP) is 5.11. The predicted molar refractivity (Wildman–Crippen MR) is 93.3 cm³/mol. The summed E-state index contributed by atoms with van der Waals surface area (Å²) < 4.78 is 0. The quantitative estimate of drug-likeness (QED) is 0.346. The Kier molecular flexibility index (Phi) is 15.6.